The lowest BCUT2D eigenvalue weighted by Gasteiger charge is -2.11. The normalized spacial score (nSPS) is 10.7. The van der Waals surface area contributed by atoms with Crippen molar-refractivity contribution in [1.82, 2.24) is 0 Å². The number of nitrogens with two attached hydrogens (primary N) is 1. The van der Waals surface area contributed by atoms with Gasteiger partial charge in [-0.2, -0.15) is 0 Å². The van der Waals surface area contributed by atoms with Crippen molar-refractivity contribution >= 4 is 28.1 Å². The topological polar surface area (TPSA) is 93.2 Å². The van der Waals surface area contributed by atoms with Crippen molar-refractivity contribution in [2.45, 2.75) is 11.5 Å². The summed E-state index contributed by atoms with van der Waals surface area (Å²) in [5, 5.41) is 7.24. The number of ether oxygens (including phenoxy) is 1. The van der Waals surface area contributed by atoms with Crippen molar-refractivity contribution in [2.24, 2.45) is 5.73 Å². The van der Waals surface area contributed by atoms with Gasteiger partial charge in [0.25, 0.3) is 0 Å². The molecule has 2 rings (SSSR count). The van der Waals surface area contributed by atoms with Crippen LogP contribution in [0, 0.1) is 11.2 Å². The van der Waals surface area contributed by atoms with Crippen molar-refractivity contribution in [3.63, 3.8) is 0 Å². The number of halogens is 2. The zero-order valence-electron chi connectivity index (χ0n) is 12.2. The summed E-state index contributed by atoms with van der Waals surface area (Å²) < 4.78 is 42.6. The Morgan fingerprint density at radius 3 is 2.48 bits per heavy atom. The first-order valence-corrected chi connectivity index (χ1v) is 8.23. The van der Waals surface area contributed by atoms with Gasteiger partial charge in [0.15, 0.2) is 21.4 Å². The Hall–Kier alpha value is -2.12. The van der Waals surface area contributed by atoms with Gasteiger partial charge >= 0.3 is 0 Å². The summed E-state index contributed by atoms with van der Waals surface area (Å²) in [5.74, 6) is -0.939. The molecule has 0 unspecified atom stereocenters. The maximum Gasteiger partial charge on any atom is 0.175 e. The Morgan fingerprint density at radius 1 is 1.26 bits per heavy atom. The fraction of sp³-hybridized carbons (Fsp3) is 0.133. The van der Waals surface area contributed by atoms with Gasteiger partial charge in [0, 0.05) is 17.4 Å². The van der Waals surface area contributed by atoms with E-state index in [-0.39, 0.29) is 41.1 Å². The number of hydrogen-bond acceptors (Lipinski definition) is 4. The van der Waals surface area contributed by atoms with Crippen LogP contribution in [0.3, 0.4) is 0 Å². The van der Waals surface area contributed by atoms with Crippen LogP contribution >= 0.6 is 12.4 Å². The van der Waals surface area contributed by atoms with Crippen LogP contribution in [0.2, 0.25) is 0 Å². The highest BCUT2D eigenvalue weighted by Crippen LogP contribution is 2.22. The molecule has 0 amide bonds. The van der Waals surface area contributed by atoms with Crippen LogP contribution in [-0.2, 0) is 16.4 Å². The van der Waals surface area contributed by atoms with Gasteiger partial charge in [-0.1, -0.05) is 18.2 Å². The molecule has 0 atom stereocenters. The molecule has 0 heterocycles. The van der Waals surface area contributed by atoms with Crippen molar-refractivity contribution in [1.29, 1.82) is 5.41 Å². The first-order valence-electron chi connectivity index (χ1n) is 6.34. The Morgan fingerprint density at radius 2 is 1.91 bits per heavy atom. The third-order valence-corrected chi connectivity index (χ3v) is 4.20. The fourth-order valence-electron chi connectivity index (χ4n) is 1.93. The number of nitrogen functional groups attached to an aromatic ring is 1. The fourth-order valence-corrected chi connectivity index (χ4v) is 2.85. The highest BCUT2D eigenvalue weighted by atomic mass is 35.5. The van der Waals surface area contributed by atoms with E-state index in [0.717, 1.165) is 12.3 Å². The van der Waals surface area contributed by atoms with Gasteiger partial charge in [0.1, 0.15) is 12.4 Å². The van der Waals surface area contributed by atoms with E-state index in [4.69, 9.17) is 15.9 Å². The van der Waals surface area contributed by atoms with Crippen molar-refractivity contribution in [2.75, 3.05) is 6.26 Å². The van der Waals surface area contributed by atoms with Crippen LogP contribution in [0.15, 0.2) is 47.4 Å². The molecular weight excluding hydrogens is 343 g/mol. The Bertz CT molecular complexity index is 825. The van der Waals surface area contributed by atoms with Crippen LogP contribution in [0.1, 0.15) is 11.1 Å². The summed E-state index contributed by atoms with van der Waals surface area (Å²) in [7, 11) is -3.38. The minimum Gasteiger partial charge on any atom is -0.486 e. The van der Waals surface area contributed by atoms with Crippen LogP contribution < -0.4 is 10.5 Å². The summed E-state index contributed by atoms with van der Waals surface area (Å²) in [5.41, 5.74) is 5.97. The summed E-state index contributed by atoms with van der Waals surface area (Å²) in [6.07, 6.45) is 1.11. The molecule has 0 aliphatic carbocycles. The molecule has 0 saturated heterocycles. The zero-order valence-corrected chi connectivity index (χ0v) is 13.9. The second kappa shape index (κ2) is 7.43. The summed E-state index contributed by atoms with van der Waals surface area (Å²) in [6, 6.07) is 10.3. The van der Waals surface area contributed by atoms with E-state index in [1.54, 1.807) is 18.2 Å². The molecule has 0 aromatic heterocycles. The molecule has 0 aliphatic rings. The number of rotatable bonds is 5. The molecule has 0 aliphatic heterocycles. The van der Waals surface area contributed by atoms with Gasteiger partial charge in [-0.3, -0.25) is 5.41 Å². The van der Waals surface area contributed by atoms with Gasteiger partial charge in [-0.05, 0) is 24.3 Å². The molecule has 0 spiro atoms. The Kier molecular flexibility index (Phi) is 6.12. The monoisotopic (exact) mass is 358 g/mol. The summed E-state index contributed by atoms with van der Waals surface area (Å²) in [6.45, 7) is -0.0837. The number of benzene rings is 2. The predicted octanol–water partition coefficient (Wildman–Crippen LogP) is 2.51. The molecule has 0 saturated carbocycles. The maximum atomic E-state index is 13.9. The molecule has 23 heavy (non-hydrogen) atoms. The molecule has 124 valence electrons. The van der Waals surface area contributed by atoms with E-state index in [2.05, 4.69) is 0 Å². The van der Waals surface area contributed by atoms with Gasteiger partial charge in [0.2, 0.25) is 0 Å². The lowest BCUT2D eigenvalue weighted by atomic mass is 10.2. The molecule has 8 heteroatoms. The molecule has 5 nitrogen and oxygen atoms in total. The van der Waals surface area contributed by atoms with E-state index in [1.807, 2.05) is 0 Å². The lowest BCUT2D eigenvalue weighted by Crippen LogP contribution is -2.11. The largest absolute Gasteiger partial charge is 0.486 e. The van der Waals surface area contributed by atoms with Crippen LogP contribution in [0.25, 0.3) is 0 Å². The van der Waals surface area contributed by atoms with Gasteiger partial charge in [-0.25, -0.2) is 12.8 Å². The van der Waals surface area contributed by atoms with Crippen molar-refractivity contribution in [3.05, 3.63) is 59.4 Å². The van der Waals surface area contributed by atoms with E-state index in [9.17, 15) is 12.8 Å². The van der Waals surface area contributed by atoms with Crippen LogP contribution in [0.5, 0.6) is 5.75 Å². The standard InChI is InChI=1S/C15H15FN2O3S.ClH/c1-22(19,20)14-5-3-2-4-11(14)9-21-13-7-6-10(15(17)18)8-12(13)16;/h2-8H,9H2,1H3,(H3,17,18);1H. The predicted molar refractivity (Wildman–Crippen MR) is 88.5 cm³/mol. The minimum atomic E-state index is -3.38. The number of nitrogens with one attached hydrogen (secondary N) is 1. The second-order valence-electron chi connectivity index (χ2n) is 4.73. The van der Waals surface area contributed by atoms with E-state index in [0.29, 0.717) is 5.56 Å². The third-order valence-electron chi connectivity index (χ3n) is 3.00. The Labute approximate surface area is 140 Å². The highest BCUT2D eigenvalue weighted by Gasteiger charge is 2.14. The van der Waals surface area contributed by atoms with Gasteiger partial charge < -0.3 is 10.5 Å². The first-order chi connectivity index (χ1) is 10.3. The molecule has 0 radical (unpaired) electrons. The summed E-state index contributed by atoms with van der Waals surface area (Å²) >= 11 is 0. The van der Waals surface area contributed by atoms with E-state index >= 15 is 0 Å². The molecular formula is C15H16ClFN2O3S. The molecule has 2 aromatic carbocycles. The van der Waals surface area contributed by atoms with Gasteiger partial charge in [0.05, 0.1) is 4.90 Å². The van der Waals surface area contributed by atoms with E-state index < -0.39 is 15.7 Å². The quantitative estimate of drug-likeness (QED) is 0.634. The number of sulfone groups is 1. The third kappa shape index (κ3) is 4.67. The van der Waals surface area contributed by atoms with Crippen molar-refractivity contribution in [3.8, 4) is 5.75 Å². The molecule has 0 fully saturated rings. The lowest BCUT2D eigenvalue weighted by molar-refractivity contribution is 0.287. The average Bonchev–Trinajstić information content (AvgIpc) is 2.45. The Balaban J connectivity index is 0.00000264. The summed E-state index contributed by atoms with van der Waals surface area (Å²) in [4.78, 5) is 0.149. The first kappa shape index (κ1) is 18.9. The highest BCUT2D eigenvalue weighted by molar-refractivity contribution is 7.90. The second-order valence-corrected chi connectivity index (χ2v) is 6.71. The molecule has 2 aromatic rings. The molecule has 0 bridgehead atoms. The van der Waals surface area contributed by atoms with Crippen molar-refractivity contribution < 1.29 is 17.5 Å². The molecule has 3 N–H and O–H groups in total. The van der Waals surface area contributed by atoms with Crippen LogP contribution in [-0.4, -0.2) is 20.5 Å². The van der Waals surface area contributed by atoms with Gasteiger partial charge in [-0.15, -0.1) is 12.4 Å². The zero-order chi connectivity index (χ0) is 16.3. The smallest absolute Gasteiger partial charge is 0.175 e. The SMILES string of the molecule is CS(=O)(=O)c1ccccc1COc1ccc(C(=N)N)cc1F.Cl. The maximum absolute atomic E-state index is 13.9. The number of hydrogen-bond donors (Lipinski definition) is 2. The number of amidine groups is 1. The minimum absolute atomic E-state index is 0. The average molecular weight is 359 g/mol. The van der Waals surface area contributed by atoms with E-state index in [1.165, 1.54) is 18.2 Å². The van der Waals surface area contributed by atoms with Crippen LogP contribution in [0.4, 0.5) is 4.39 Å².